The van der Waals surface area contributed by atoms with Crippen LogP contribution < -0.4 is 5.73 Å². The van der Waals surface area contributed by atoms with Crippen molar-refractivity contribution in [3.05, 3.63) is 54.1 Å². The summed E-state index contributed by atoms with van der Waals surface area (Å²) in [6.45, 7) is 0. The third-order valence-electron chi connectivity index (χ3n) is 2.99. The van der Waals surface area contributed by atoms with Gasteiger partial charge in [0.05, 0.1) is 5.03 Å². The molecule has 3 aromatic rings. The second-order valence-electron chi connectivity index (χ2n) is 4.40. The highest BCUT2D eigenvalue weighted by Gasteiger charge is 2.05. The third kappa shape index (κ3) is 2.53. The molecule has 0 unspecified atom stereocenters. The van der Waals surface area contributed by atoms with Gasteiger partial charge >= 0.3 is 0 Å². The summed E-state index contributed by atoms with van der Waals surface area (Å²) in [5.74, 6) is 0.974. The Bertz CT molecular complexity index is 688. The fourth-order valence-corrected chi connectivity index (χ4v) is 2.94. The molecule has 0 fully saturated rings. The molecule has 19 heavy (non-hydrogen) atoms. The van der Waals surface area contributed by atoms with E-state index in [2.05, 4.69) is 23.2 Å². The van der Waals surface area contributed by atoms with Crippen LogP contribution in [0.2, 0.25) is 0 Å². The third-order valence-corrected chi connectivity index (χ3v) is 3.98. The molecule has 0 aliphatic heterocycles. The average molecular weight is 270 g/mol. The first kappa shape index (κ1) is 12.0. The number of H-pyrrole nitrogens is 1. The van der Waals surface area contributed by atoms with Crippen molar-refractivity contribution in [2.45, 2.75) is 10.8 Å². The van der Waals surface area contributed by atoms with Crippen LogP contribution in [0.5, 0.6) is 5.75 Å². The largest absolute Gasteiger partial charge is 0.508 e. The number of nitrogens with two attached hydrogens (primary N) is 1. The predicted molar refractivity (Wildman–Crippen MR) is 80.4 cm³/mol. The van der Waals surface area contributed by atoms with Gasteiger partial charge in [0, 0.05) is 27.9 Å². The Kier molecular flexibility index (Phi) is 3.09. The molecule has 96 valence electrons. The summed E-state index contributed by atoms with van der Waals surface area (Å²) in [7, 11) is 0. The van der Waals surface area contributed by atoms with Crippen LogP contribution in [0.3, 0.4) is 0 Å². The predicted octanol–water partition coefficient (Wildman–Crippen LogP) is 3.75. The lowest BCUT2D eigenvalue weighted by Gasteiger charge is -2.04. The van der Waals surface area contributed by atoms with Crippen molar-refractivity contribution >= 4 is 28.4 Å². The number of aromatic nitrogens is 1. The van der Waals surface area contributed by atoms with E-state index in [1.807, 2.05) is 18.2 Å². The molecule has 0 amide bonds. The molecule has 0 atom stereocenters. The number of anilines is 1. The lowest BCUT2D eigenvalue weighted by atomic mass is 10.2. The lowest BCUT2D eigenvalue weighted by molar-refractivity contribution is 0.471. The minimum Gasteiger partial charge on any atom is -0.508 e. The average Bonchev–Trinajstić information content (AvgIpc) is 2.82. The first-order chi connectivity index (χ1) is 9.22. The van der Waals surface area contributed by atoms with Gasteiger partial charge < -0.3 is 15.8 Å². The summed E-state index contributed by atoms with van der Waals surface area (Å²) in [5.41, 5.74) is 8.38. The molecule has 3 rings (SSSR count). The molecule has 0 aliphatic carbocycles. The fourth-order valence-electron chi connectivity index (χ4n) is 2.00. The Hall–Kier alpha value is -2.07. The smallest absolute Gasteiger partial charge is 0.119 e. The van der Waals surface area contributed by atoms with Gasteiger partial charge in [0.2, 0.25) is 0 Å². The first-order valence-corrected chi connectivity index (χ1v) is 6.99. The van der Waals surface area contributed by atoms with E-state index in [-0.39, 0.29) is 5.75 Å². The number of aromatic hydroxyl groups is 1. The van der Waals surface area contributed by atoms with Crippen molar-refractivity contribution in [2.24, 2.45) is 0 Å². The SMILES string of the molecule is Nc1ccc(O)c(CSc2cc3ccccc3[nH]2)c1. The van der Waals surface area contributed by atoms with Gasteiger partial charge in [0.25, 0.3) is 0 Å². The molecule has 0 saturated carbocycles. The van der Waals surface area contributed by atoms with Crippen LogP contribution in [0.4, 0.5) is 5.69 Å². The van der Waals surface area contributed by atoms with Crippen molar-refractivity contribution in [1.29, 1.82) is 0 Å². The number of thioether (sulfide) groups is 1. The molecule has 0 saturated heterocycles. The van der Waals surface area contributed by atoms with E-state index in [1.54, 1.807) is 23.9 Å². The summed E-state index contributed by atoms with van der Waals surface area (Å²) in [6, 6.07) is 15.4. The zero-order chi connectivity index (χ0) is 13.2. The molecule has 3 nitrogen and oxygen atoms in total. The number of rotatable bonds is 3. The number of hydrogen-bond acceptors (Lipinski definition) is 3. The molecule has 1 heterocycles. The van der Waals surface area contributed by atoms with E-state index < -0.39 is 0 Å². The highest BCUT2D eigenvalue weighted by molar-refractivity contribution is 7.98. The highest BCUT2D eigenvalue weighted by atomic mass is 32.2. The van der Waals surface area contributed by atoms with Crippen molar-refractivity contribution in [3.63, 3.8) is 0 Å². The number of hydrogen-bond donors (Lipinski definition) is 3. The molecule has 0 bridgehead atoms. The summed E-state index contributed by atoms with van der Waals surface area (Å²) in [6.07, 6.45) is 0. The summed E-state index contributed by atoms with van der Waals surface area (Å²) in [5, 5.41) is 12.1. The maximum absolute atomic E-state index is 9.77. The molecule has 0 radical (unpaired) electrons. The minimum atomic E-state index is 0.290. The fraction of sp³-hybridized carbons (Fsp3) is 0.0667. The molecular weight excluding hydrogens is 256 g/mol. The van der Waals surface area contributed by atoms with Crippen LogP contribution in [0.1, 0.15) is 5.56 Å². The van der Waals surface area contributed by atoms with Gasteiger partial charge in [-0.3, -0.25) is 0 Å². The Morgan fingerprint density at radius 2 is 1.95 bits per heavy atom. The maximum Gasteiger partial charge on any atom is 0.119 e. The Labute approximate surface area is 115 Å². The van der Waals surface area contributed by atoms with E-state index in [4.69, 9.17) is 5.73 Å². The summed E-state index contributed by atoms with van der Waals surface area (Å²) in [4.78, 5) is 3.35. The van der Waals surface area contributed by atoms with E-state index in [9.17, 15) is 5.11 Å². The zero-order valence-corrected chi connectivity index (χ0v) is 11.1. The number of benzene rings is 2. The van der Waals surface area contributed by atoms with Crippen LogP contribution in [-0.2, 0) is 5.75 Å². The normalized spacial score (nSPS) is 10.9. The molecule has 2 aromatic carbocycles. The monoisotopic (exact) mass is 270 g/mol. The minimum absolute atomic E-state index is 0.290. The van der Waals surface area contributed by atoms with Gasteiger partial charge in [-0.15, -0.1) is 11.8 Å². The molecule has 1 aromatic heterocycles. The van der Waals surface area contributed by atoms with Crippen molar-refractivity contribution in [2.75, 3.05) is 5.73 Å². The van der Waals surface area contributed by atoms with Crippen molar-refractivity contribution in [1.82, 2.24) is 4.98 Å². The Morgan fingerprint density at radius 3 is 2.79 bits per heavy atom. The maximum atomic E-state index is 9.77. The lowest BCUT2D eigenvalue weighted by Crippen LogP contribution is -1.88. The van der Waals surface area contributed by atoms with Crippen LogP contribution in [0, 0.1) is 0 Å². The number of aromatic amines is 1. The highest BCUT2D eigenvalue weighted by Crippen LogP contribution is 2.30. The molecule has 4 heteroatoms. The standard InChI is InChI=1S/C15H14N2OS/c16-12-5-6-14(18)11(7-12)9-19-15-8-10-3-1-2-4-13(10)17-15/h1-8,17-18H,9,16H2. The number of phenols is 1. The van der Waals surface area contributed by atoms with Crippen LogP contribution in [0.25, 0.3) is 10.9 Å². The van der Waals surface area contributed by atoms with Crippen LogP contribution in [-0.4, -0.2) is 10.1 Å². The Balaban J connectivity index is 1.80. The summed E-state index contributed by atoms with van der Waals surface area (Å²) < 4.78 is 0. The van der Waals surface area contributed by atoms with Crippen LogP contribution in [0.15, 0.2) is 53.6 Å². The van der Waals surface area contributed by atoms with Crippen molar-refractivity contribution in [3.8, 4) is 5.75 Å². The number of fused-ring (bicyclic) bond motifs is 1. The second-order valence-corrected chi connectivity index (χ2v) is 5.41. The van der Waals surface area contributed by atoms with E-state index in [0.717, 1.165) is 16.1 Å². The number of para-hydroxylation sites is 1. The van der Waals surface area contributed by atoms with Gasteiger partial charge in [-0.2, -0.15) is 0 Å². The van der Waals surface area contributed by atoms with Crippen molar-refractivity contribution < 1.29 is 5.11 Å². The molecule has 0 spiro atoms. The number of phenolic OH excluding ortho intramolecular Hbond substituents is 1. The van der Waals surface area contributed by atoms with E-state index >= 15 is 0 Å². The second kappa shape index (κ2) is 4.90. The van der Waals surface area contributed by atoms with E-state index in [1.165, 1.54) is 5.39 Å². The van der Waals surface area contributed by atoms with Gasteiger partial charge in [-0.1, -0.05) is 18.2 Å². The molecular formula is C15H14N2OS. The Morgan fingerprint density at radius 1 is 1.11 bits per heavy atom. The quantitative estimate of drug-likeness (QED) is 0.386. The summed E-state index contributed by atoms with van der Waals surface area (Å²) >= 11 is 1.65. The van der Waals surface area contributed by atoms with Gasteiger partial charge in [0.15, 0.2) is 0 Å². The van der Waals surface area contributed by atoms with Gasteiger partial charge in [0.1, 0.15) is 5.75 Å². The van der Waals surface area contributed by atoms with Gasteiger partial charge in [-0.25, -0.2) is 0 Å². The van der Waals surface area contributed by atoms with Crippen LogP contribution >= 0.6 is 11.8 Å². The molecule has 4 N–H and O–H groups in total. The first-order valence-electron chi connectivity index (χ1n) is 6.00. The molecule has 0 aliphatic rings. The topological polar surface area (TPSA) is 62.0 Å². The van der Waals surface area contributed by atoms with E-state index in [0.29, 0.717) is 11.4 Å². The number of nitrogens with one attached hydrogen (secondary N) is 1. The van der Waals surface area contributed by atoms with Gasteiger partial charge in [-0.05, 0) is 30.3 Å². The number of nitrogen functional groups attached to an aromatic ring is 1. The zero-order valence-electron chi connectivity index (χ0n) is 10.3.